The number of ether oxygens (including phenoxy) is 3. The van der Waals surface area contributed by atoms with Gasteiger partial charge in [0.15, 0.2) is 11.5 Å². The lowest BCUT2D eigenvalue weighted by Crippen LogP contribution is -2.11. The van der Waals surface area contributed by atoms with Crippen molar-refractivity contribution in [3.8, 4) is 28.5 Å². The van der Waals surface area contributed by atoms with Crippen LogP contribution in [0.5, 0.6) is 17.2 Å². The van der Waals surface area contributed by atoms with E-state index >= 15 is 0 Å². The summed E-state index contributed by atoms with van der Waals surface area (Å²) in [4.78, 5) is 5.55. The largest absolute Gasteiger partial charge is 0.497 e. The smallest absolute Gasteiger partial charge is 0.211 e. The van der Waals surface area contributed by atoms with Crippen molar-refractivity contribution in [3.63, 3.8) is 0 Å². The van der Waals surface area contributed by atoms with Crippen LogP contribution in [0.3, 0.4) is 0 Å². The molecule has 0 aliphatic rings. The number of hydrogen-bond acceptors (Lipinski definition) is 6. The molecule has 4 rings (SSSR count). The van der Waals surface area contributed by atoms with E-state index in [1.807, 2.05) is 70.7 Å². The van der Waals surface area contributed by atoms with E-state index in [0.29, 0.717) is 11.5 Å². The molecule has 0 aliphatic heterocycles. The van der Waals surface area contributed by atoms with Gasteiger partial charge < -0.3 is 14.2 Å². The summed E-state index contributed by atoms with van der Waals surface area (Å²) in [6.45, 7) is 0. The first-order valence-corrected chi connectivity index (χ1v) is 11.7. The van der Waals surface area contributed by atoms with E-state index in [0.717, 1.165) is 37.5 Å². The molecule has 33 heavy (non-hydrogen) atoms. The zero-order chi connectivity index (χ0) is 23.2. The summed E-state index contributed by atoms with van der Waals surface area (Å²) < 4.78 is 18.9. The molecule has 1 aromatic heterocycles. The lowest BCUT2D eigenvalue weighted by molar-refractivity contribution is 0.355. The van der Waals surface area contributed by atoms with Crippen molar-refractivity contribution in [2.24, 2.45) is 10.1 Å². The predicted molar refractivity (Wildman–Crippen MR) is 136 cm³/mol. The van der Waals surface area contributed by atoms with Gasteiger partial charge in [-0.15, -0.1) is 11.3 Å². The highest BCUT2D eigenvalue weighted by atomic mass is 79.9. The molecule has 0 atom stereocenters. The van der Waals surface area contributed by atoms with Crippen molar-refractivity contribution in [3.05, 3.63) is 86.9 Å². The number of benzene rings is 3. The van der Waals surface area contributed by atoms with Gasteiger partial charge in [-0.25, -0.2) is 9.67 Å². The summed E-state index contributed by atoms with van der Waals surface area (Å²) in [5.74, 6) is 2.06. The number of halogens is 1. The van der Waals surface area contributed by atoms with Crippen LogP contribution in [0.4, 0.5) is 5.69 Å². The fraction of sp³-hybridized carbons (Fsp3) is 0.120. The van der Waals surface area contributed by atoms with Crippen LogP contribution in [0, 0.1) is 0 Å². The first-order chi connectivity index (χ1) is 16.1. The quantitative estimate of drug-likeness (QED) is 0.274. The van der Waals surface area contributed by atoms with Gasteiger partial charge in [0.05, 0.1) is 38.9 Å². The first-order valence-electron chi connectivity index (χ1n) is 10.0. The highest BCUT2D eigenvalue weighted by Crippen LogP contribution is 2.28. The summed E-state index contributed by atoms with van der Waals surface area (Å²) >= 11 is 5.07. The van der Waals surface area contributed by atoms with Crippen molar-refractivity contribution in [2.45, 2.75) is 0 Å². The van der Waals surface area contributed by atoms with E-state index in [1.165, 1.54) is 11.3 Å². The van der Waals surface area contributed by atoms with Gasteiger partial charge in [0, 0.05) is 21.5 Å². The van der Waals surface area contributed by atoms with Gasteiger partial charge in [-0.1, -0.05) is 34.1 Å². The monoisotopic (exact) mass is 523 g/mol. The van der Waals surface area contributed by atoms with Gasteiger partial charge >= 0.3 is 0 Å². The molecule has 0 N–H and O–H groups in total. The zero-order valence-electron chi connectivity index (χ0n) is 18.4. The Morgan fingerprint density at radius 1 is 0.879 bits per heavy atom. The summed E-state index contributed by atoms with van der Waals surface area (Å²) in [5.41, 5.74) is 3.61. The Balaban J connectivity index is 1.82. The standard InChI is InChI=1S/C25H22BrN3O3S/c1-30-21-9-5-8-20(14-21)28-25-29(22(16-33-25)18-6-4-7-19(26)13-18)27-15-17-10-11-23(31-2)24(12-17)32-3/h4-16H,1-3H3. The van der Waals surface area contributed by atoms with Crippen LogP contribution in [-0.4, -0.2) is 32.2 Å². The maximum atomic E-state index is 5.42. The maximum Gasteiger partial charge on any atom is 0.211 e. The predicted octanol–water partition coefficient (Wildman–Crippen LogP) is 6.12. The minimum Gasteiger partial charge on any atom is -0.497 e. The molecule has 3 aromatic carbocycles. The molecule has 8 heteroatoms. The molecule has 0 bridgehead atoms. The number of methoxy groups -OCH3 is 3. The summed E-state index contributed by atoms with van der Waals surface area (Å²) in [6.07, 6.45) is 1.78. The van der Waals surface area contributed by atoms with E-state index < -0.39 is 0 Å². The first kappa shape index (κ1) is 22.8. The van der Waals surface area contributed by atoms with Crippen LogP contribution in [0.2, 0.25) is 0 Å². The highest BCUT2D eigenvalue weighted by molar-refractivity contribution is 9.10. The SMILES string of the molecule is COc1cccc(N=c2scc(-c3cccc(Br)c3)n2N=Cc2ccc(OC)c(OC)c2)c1. The Hall–Kier alpha value is -3.36. The van der Waals surface area contributed by atoms with Gasteiger partial charge in [-0.2, -0.15) is 5.10 Å². The van der Waals surface area contributed by atoms with E-state index in [-0.39, 0.29) is 0 Å². The van der Waals surface area contributed by atoms with Gasteiger partial charge in [0.25, 0.3) is 0 Å². The van der Waals surface area contributed by atoms with Crippen molar-refractivity contribution in [1.29, 1.82) is 0 Å². The minimum atomic E-state index is 0.644. The average Bonchev–Trinajstić information content (AvgIpc) is 3.24. The fourth-order valence-corrected chi connectivity index (χ4v) is 4.44. The molecule has 1 heterocycles. The van der Waals surface area contributed by atoms with Crippen molar-refractivity contribution >= 4 is 39.2 Å². The van der Waals surface area contributed by atoms with Gasteiger partial charge in [-0.05, 0) is 48.0 Å². The number of thiazole rings is 1. The molecule has 0 fully saturated rings. The molecule has 0 saturated heterocycles. The molecule has 0 unspecified atom stereocenters. The van der Waals surface area contributed by atoms with Crippen molar-refractivity contribution in [2.75, 3.05) is 21.3 Å². The van der Waals surface area contributed by atoms with E-state index in [1.54, 1.807) is 27.5 Å². The van der Waals surface area contributed by atoms with E-state index in [9.17, 15) is 0 Å². The third kappa shape index (κ3) is 5.35. The Labute approximate surface area is 204 Å². The Morgan fingerprint density at radius 3 is 2.45 bits per heavy atom. The second kappa shape index (κ2) is 10.5. The van der Waals surface area contributed by atoms with Crippen LogP contribution >= 0.6 is 27.3 Å². The topological polar surface area (TPSA) is 57.3 Å². The Bertz CT molecular complexity index is 1360. The van der Waals surface area contributed by atoms with Crippen molar-refractivity contribution < 1.29 is 14.2 Å². The number of hydrogen-bond donors (Lipinski definition) is 0. The third-order valence-electron chi connectivity index (χ3n) is 4.81. The second-order valence-electron chi connectivity index (χ2n) is 6.90. The van der Waals surface area contributed by atoms with Gasteiger partial charge in [0.1, 0.15) is 5.75 Å². The summed E-state index contributed by atoms with van der Waals surface area (Å²) in [7, 11) is 4.87. The number of aromatic nitrogens is 1. The molecule has 0 amide bonds. The molecule has 0 radical (unpaired) electrons. The van der Waals surface area contributed by atoms with E-state index in [2.05, 4.69) is 22.0 Å². The van der Waals surface area contributed by atoms with Crippen LogP contribution < -0.4 is 19.0 Å². The Kier molecular flexibility index (Phi) is 7.26. The lowest BCUT2D eigenvalue weighted by Gasteiger charge is -2.08. The molecule has 0 aliphatic carbocycles. The van der Waals surface area contributed by atoms with Crippen LogP contribution in [0.1, 0.15) is 5.56 Å². The van der Waals surface area contributed by atoms with Crippen molar-refractivity contribution in [1.82, 2.24) is 4.68 Å². The molecule has 168 valence electrons. The number of rotatable bonds is 7. The maximum absolute atomic E-state index is 5.42. The van der Waals surface area contributed by atoms with Gasteiger partial charge in [0.2, 0.25) is 4.80 Å². The van der Waals surface area contributed by atoms with Gasteiger partial charge in [-0.3, -0.25) is 0 Å². The minimum absolute atomic E-state index is 0.644. The molecular weight excluding hydrogens is 502 g/mol. The normalized spacial score (nSPS) is 11.7. The van der Waals surface area contributed by atoms with Crippen LogP contribution in [0.15, 0.2) is 86.7 Å². The molecule has 0 saturated carbocycles. The van der Waals surface area contributed by atoms with Crippen LogP contribution in [0.25, 0.3) is 11.3 Å². The molecular formula is C25H22BrN3O3S. The molecule has 6 nitrogen and oxygen atoms in total. The molecule has 0 spiro atoms. The lowest BCUT2D eigenvalue weighted by atomic mass is 10.2. The molecule has 4 aromatic rings. The third-order valence-corrected chi connectivity index (χ3v) is 6.12. The highest BCUT2D eigenvalue weighted by Gasteiger charge is 2.09. The second-order valence-corrected chi connectivity index (χ2v) is 8.65. The average molecular weight is 524 g/mol. The Morgan fingerprint density at radius 2 is 1.70 bits per heavy atom. The zero-order valence-corrected chi connectivity index (χ0v) is 20.8. The summed E-state index contributed by atoms with van der Waals surface area (Å²) in [6, 6.07) is 21.4. The fourth-order valence-electron chi connectivity index (χ4n) is 3.18. The van der Waals surface area contributed by atoms with E-state index in [4.69, 9.17) is 24.3 Å². The number of nitrogens with zero attached hydrogens (tertiary/aromatic N) is 3. The summed E-state index contributed by atoms with van der Waals surface area (Å²) in [5, 5.41) is 6.83. The van der Waals surface area contributed by atoms with Crippen LogP contribution in [-0.2, 0) is 0 Å².